The van der Waals surface area contributed by atoms with E-state index in [1.165, 1.54) is 6.07 Å². The average molecular weight is 503 g/mol. The molecule has 0 saturated carbocycles. The molecule has 2 aromatic heterocycles. The van der Waals surface area contributed by atoms with Crippen LogP contribution in [0.1, 0.15) is 48.7 Å². The zero-order valence-electron chi connectivity index (χ0n) is 20.3. The van der Waals surface area contributed by atoms with Gasteiger partial charge in [-0.15, -0.1) is 0 Å². The van der Waals surface area contributed by atoms with Gasteiger partial charge in [-0.2, -0.15) is 5.26 Å². The Morgan fingerprint density at radius 3 is 2.64 bits per heavy atom. The third-order valence-electron chi connectivity index (χ3n) is 5.84. The van der Waals surface area contributed by atoms with Crippen LogP contribution in [0.25, 0.3) is 16.9 Å². The molecule has 2 heterocycles. The van der Waals surface area contributed by atoms with E-state index < -0.39 is 11.6 Å². The van der Waals surface area contributed by atoms with Gasteiger partial charge < -0.3 is 19.6 Å². The molecule has 0 aliphatic carbocycles. The van der Waals surface area contributed by atoms with Crippen LogP contribution in [0.5, 0.6) is 5.75 Å². The summed E-state index contributed by atoms with van der Waals surface area (Å²) in [4.78, 5) is 17.5. The molecule has 4 aromatic rings. The fourth-order valence-electron chi connectivity index (χ4n) is 3.91. The highest BCUT2D eigenvalue weighted by Gasteiger charge is 2.28. The van der Waals surface area contributed by atoms with Gasteiger partial charge in [0.2, 0.25) is 0 Å². The van der Waals surface area contributed by atoms with Gasteiger partial charge in [0.1, 0.15) is 17.5 Å². The molecule has 7 nitrogen and oxygen atoms in total. The number of aromatic nitrogens is 2. The molecule has 8 heteroatoms. The lowest BCUT2D eigenvalue weighted by atomic mass is 9.98. The fourth-order valence-corrected chi connectivity index (χ4v) is 4.12. The Morgan fingerprint density at radius 1 is 1.25 bits per heavy atom. The van der Waals surface area contributed by atoms with Crippen LogP contribution in [0.15, 0.2) is 67.0 Å². The van der Waals surface area contributed by atoms with Gasteiger partial charge in [-0.05, 0) is 56.2 Å². The van der Waals surface area contributed by atoms with Crippen LogP contribution in [-0.2, 0) is 6.42 Å². The molecule has 2 aromatic carbocycles. The molecule has 4 rings (SSSR count). The molecular formula is C28H27ClN4O3. The van der Waals surface area contributed by atoms with Gasteiger partial charge in [-0.25, -0.2) is 4.98 Å². The zero-order chi connectivity index (χ0) is 25.9. The number of rotatable bonds is 8. The Labute approximate surface area is 214 Å². The van der Waals surface area contributed by atoms with Crippen molar-refractivity contribution >= 4 is 23.2 Å². The Bertz CT molecular complexity index is 1440. The van der Waals surface area contributed by atoms with E-state index in [9.17, 15) is 15.2 Å². The molecule has 1 atom stereocenters. The van der Waals surface area contributed by atoms with Crippen LogP contribution in [0.4, 0.5) is 0 Å². The number of imidazole rings is 1. The van der Waals surface area contributed by atoms with E-state index in [1.54, 1.807) is 25.1 Å². The summed E-state index contributed by atoms with van der Waals surface area (Å²) < 4.78 is 7.49. The second-order valence-corrected chi connectivity index (χ2v) is 9.32. The molecule has 184 valence electrons. The predicted octanol–water partition coefficient (Wildman–Crippen LogP) is 5.38. The summed E-state index contributed by atoms with van der Waals surface area (Å²) in [5.41, 5.74) is 2.31. The second kappa shape index (κ2) is 10.4. The normalized spacial score (nSPS) is 12.8. The van der Waals surface area contributed by atoms with E-state index in [0.29, 0.717) is 22.8 Å². The minimum Gasteiger partial charge on any atom is -0.490 e. The van der Waals surface area contributed by atoms with E-state index in [-0.39, 0.29) is 23.7 Å². The van der Waals surface area contributed by atoms with Gasteiger partial charge in [0.05, 0.1) is 22.4 Å². The first-order chi connectivity index (χ1) is 17.2. The number of fused-ring (bicyclic) bond motifs is 1. The highest BCUT2D eigenvalue weighted by Crippen LogP contribution is 2.25. The number of hydrogen-bond donors (Lipinski definition) is 2. The lowest BCUT2D eigenvalue weighted by molar-refractivity contribution is 0.00459. The van der Waals surface area contributed by atoms with Gasteiger partial charge in [0.15, 0.2) is 5.65 Å². The van der Waals surface area contributed by atoms with Crippen LogP contribution < -0.4 is 10.1 Å². The van der Waals surface area contributed by atoms with E-state index in [1.807, 2.05) is 61.0 Å². The number of nitrogens with one attached hydrogen (secondary N) is 1. The van der Waals surface area contributed by atoms with E-state index in [2.05, 4.69) is 16.4 Å². The van der Waals surface area contributed by atoms with Crippen LogP contribution in [-0.4, -0.2) is 32.2 Å². The lowest BCUT2D eigenvalue weighted by Gasteiger charge is -2.28. The molecule has 0 aliphatic rings. The summed E-state index contributed by atoms with van der Waals surface area (Å²) >= 11 is 6.23. The SMILES string of the molecule is CC[C@](O)(Cc1ccc(-c2cn3cccc(Cl)c3n2)cc1)NC(=O)c1ccc(OC(C)C)c(C#N)c1. The number of hydrogen-bond acceptors (Lipinski definition) is 5. The van der Waals surface area contributed by atoms with Crippen LogP contribution in [0.2, 0.25) is 5.02 Å². The third-order valence-corrected chi connectivity index (χ3v) is 6.13. The third kappa shape index (κ3) is 5.51. The quantitative estimate of drug-likeness (QED) is 0.315. The number of carbonyl (C=O) groups is 1. The zero-order valence-corrected chi connectivity index (χ0v) is 21.1. The van der Waals surface area contributed by atoms with Crippen molar-refractivity contribution < 1.29 is 14.6 Å². The Kier molecular flexibility index (Phi) is 7.30. The van der Waals surface area contributed by atoms with Gasteiger partial charge in [-0.1, -0.05) is 42.8 Å². The smallest absolute Gasteiger partial charge is 0.253 e. The monoisotopic (exact) mass is 502 g/mol. The van der Waals surface area contributed by atoms with E-state index in [4.69, 9.17) is 16.3 Å². The molecule has 0 aliphatic heterocycles. The number of pyridine rings is 1. The maximum Gasteiger partial charge on any atom is 0.253 e. The molecule has 2 N–H and O–H groups in total. The maximum absolute atomic E-state index is 12.9. The van der Waals surface area contributed by atoms with Crippen molar-refractivity contribution in [3.63, 3.8) is 0 Å². The number of benzene rings is 2. The summed E-state index contributed by atoms with van der Waals surface area (Å²) in [6.45, 7) is 5.53. The molecular weight excluding hydrogens is 476 g/mol. The van der Waals surface area contributed by atoms with Gasteiger partial charge in [0, 0.05) is 29.9 Å². The van der Waals surface area contributed by atoms with Gasteiger partial charge in [-0.3, -0.25) is 4.79 Å². The highest BCUT2D eigenvalue weighted by atomic mass is 35.5. The minimum atomic E-state index is -1.46. The second-order valence-electron chi connectivity index (χ2n) is 8.92. The molecule has 1 amide bonds. The molecule has 36 heavy (non-hydrogen) atoms. The van der Waals surface area contributed by atoms with Crippen molar-refractivity contribution in [2.24, 2.45) is 0 Å². The number of carbonyl (C=O) groups excluding carboxylic acids is 1. The van der Waals surface area contributed by atoms with Crippen molar-refractivity contribution in [2.75, 3.05) is 0 Å². The number of halogens is 1. The molecule has 0 fully saturated rings. The summed E-state index contributed by atoms with van der Waals surface area (Å²) in [7, 11) is 0. The molecule has 0 unspecified atom stereocenters. The van der Waals surface area contributed by atoms with Gasteiger partial charge in [0.25, 0.3) is 5.91 Å². The average Bonchev–Trinajstić information content (AvgIpc) is 3.30. The van der Waals surface area contributed by atoms with E-state index in [0.717, 1.165) is 16.8 Å². The molecule has 0 spiro atoms. The van der Waals surface area contributed by atoms with Gasteiger partial charge >= 0.3 is 0 Å². The van der Waals surface area contributed by atoms with Crippen LogP contribution in [0, 0.1) is 11.3 Å². The largest absolute Gasteiger partial charge is 0.490 e. The minimum absolute atomic E-state index is 0.0983. The molecule has 0 saturated heterocycles. The standard InChI is InChI=1S/C28H27ClN4O3/c1-4-28(35,32-27(34)21-11-12-25(36-18(2)3)22(14-21)16-30)15-19-7-9-20(10-8-19)24-17-33-13-5-6-23(29)26(33)31-24/h5-14,17-18,35H,4,15H2,1-3H3,(H,32,34)/t28-/m0/s1. The first kappa shape index (κ1) is 25.2. The number of aliphatic hydroxyl groups is 1. The summed E-state index contributed by atoms with van der Waals surface area (Å²) in [6, 6.07) is 18.0. The Hall–Kier alpha value is -3.86. The Morgan fingerprint density at radius 2 is 2.00 bits per heavy atom. The summed E-state index contributed by atoms with van der Waals surface area (Å²) in [5.74, 6) is -0.0482. The number of nitriles is 1. The van der Waals surface area contributed by atoms with Crippen LogP contribution >= 0.6 is 11.6 Å². The first-order valence-corrected chi connectivity index (χ1v) is 12.1. The molecule has 0 bridgehead atoms. The van der Waals surface area contributed by atoms with Crippen molar-refractivity contribution in [3.05, 3.63) is 88.7 Å². The van der Waals surface area contributed by atoms with Crippen molar-refractivity contribution in [2.45, 2.75) is 45.4 Å². The fraction of sp³-hybridized carbons (Fsp3) is 0.250. The number of amides is 1. The number of nitrogens with zero attached hydrogens (tertiary/aromatic N) is 3. The van der Waals surface area contributed by atoms with Crippen molar-refractivity contribution in [1.29, 1.82) is 5.26 Å². The number of ether oxygens (including phenoxy) is 1. The molecule has 0 radical (unpaired) electrons. The van der Waals surface area contributed by atoms with Crippen LogP contribution in [0.3, 0.4) is 0 Å². The first-order valence-electron chi connectivity index (χ1n) is 11.7. The predicted molar refractivity (Wildman–Crippen MR) is 139 cm³/mol. The Balaban J connectivity index is 1.49. The van der Waals surface area contributed by atoms with E-state index >= 15 is 0 Å². The highest BCUT2D eigenvalue weighted by molar-refractivity contribution is 6.33. The van der Waals surface area contributed by atoms with Crippen molar-refractivity contribution in [3.8, 4) is 23.1 Å². The lowest BCUT2D eigenvalue weighted by Crippen LogP contribution is -2.49. The summed E-state index contributed by atoms with van der Waals surface area (Å²) in [6.07, 6.45) is 4.21. The summed E-state index contributed by atoms with van der Waals surface area (Å²) in [5, 5.41) is 23.9. The maximum atomic E-state index is 12.9. The topological polar surface area (TPSA) is 99.7 Å². The van der Waals surface area contributed by atoms with Crippen molar-refractivity contribution in [1.82, 2.24) is 14.7 Å².